The summed E-state index contributed by atoms with van der Waals surface area (Å²) in [5.41, 5.74) is 10.7. The zero-order chi connectivity index (χ0) is 23.8. The van der Waals surface area contributed by atoms with Crippen LogP contribution in [0.3, 0.4) is 0 Å². The van der Waals surface area contributed by atoms with E-state index < -0.39 is 5.91 Å². The normalized spacial score (nSPS) is 14.1. The number of halogens is 1. The molecule has 1 saturated carbocycles. The van der Waals surface area contributed by atoms with Crippen molar-refractivity contribution in [1.29, 1.82) is 0 Å². The Bertz CT molecular complexity index is 1410. The standard InChI is InChI=1S/C23H25ClN8O2/c24-17-3-4-30-13-28-20(21(30)6-17)7-27-23(34)19(25)11-32(26)10-18-9-31-8-15(14-1-2-14)5-16(12-33)22(31)29-18/h3-6,8-9,11,13-14,33H,1-2,7,10,12,25-26H2,(H,27,34)/b19-11-. The Balaban J connectivity index is 1.24. The van der Waals surface area contributed by atoms with Gasteiger partial charge in [-0.15, -0.1) is 0 Å². The van der Waals surface area contributed by atoms with Crippen LogP contribution in [-0.4, -0.2) is 34.8 Å². The molecule has 0 unspecified atom stereocenters. The fourth-order valence-corrected chi connectivity index (χ4v) is 4.12. The topological polar surface area (TPSA) is 139 Å². The van der Waals surface area contributed by atoms with Crippen molar-refractivity contribution in [3.63, 3.8) is 0 Å². The molecule has 1 aliphatic carbocycles. The number of aliphatic hydroxyl groups is 1. The first-order chi connectivity index (χ1) is 16.4. The number of fused-ring (bicyclic) bond motifs is 2. The number of rotatable bonds is 8. The number of nitrogens with two attached hydrogens (primary N) is 2. The van der Waals surface area contributed by atoms with E-state index in [1.807, 2.05) is 27.3 Å². The molecule has 1 aliphatic rings. The maximum atomic E-state index is 12.5. The number of imidazole rings is 2. The van der Waals surface area contributed by atoms with E-state index in [2.05, 4.69) is 15.3 Å². The lowest BCUT2D eigenvalue weighted by Crippen LogP contribution is -2.32. The largest absolute Gasteiger partial charge is 0.393 e. The maximum absolute atomic E-state index is 12.5. The number of nitrogens with one attached hydrogen (secondary N) is 1. The van der Waals surface area contributed by atoms with Crippen LogP contribution in [0.2, 0.25) is 5.02 Å². The first-order valence-corrected chi connectivity index (χ1v) is 11.3. The number of hydrogen-bond donors (Lipinski definition) is 4. The molecular weight excluding hydrogens is 456 g/mol. The first-order valence-electron chi connectivity index (χ1n) is 10.9. The Morgan fingerprint density at radius 3 is 2.91 bits per heavy atom. The van der Waals surface area contributed by atoms with Gasteiger partial charge in [-0.2, -0.15) is 0 Å². The highest BCUT2D eigenvalue weighted by molar-refractivity contribution is 6.30. The third kappa shape index (κ3) is 4.56. The minimum atomic E-state index is -0.467. The number of aromatic nitrogens is 4. The molecule has 5 rings (SSSR count). The summed E-state index contributed by atoms with van der Waals surface area (Å²) >= 11 is 6.06. The summed E-state index contributed by atoms with van der Waals surface area (Å²) in [4.78, 5) is 21.4. The average molecular weight is 481 g/mol. The van der Waals surface area contributed by atoms with Gasteiger partial charge in [0, 0.05) is 35.4 Å². The number of hydrogen-bond acceptors (Lipinski definition) is 7. The average Bonchev–Trinajstić information content (AvgIpc) is 3.47. The second-order valence-electron chi connectivity index (χ2n) is 8.46. The molecule has 0 saturated heterocycles. The molecular formula is C23H25ClN8O2. The van der Waals surface area contributed by atoms with Crippen molar-refractivity contribution in [2.75, 3.05) is 0 Å². The number of amides is 1. The van der Waals surface area contributed by atoms with Crippen LogP contribution in [0.15, 0.2) is 55.0 Å². The molecule has 10 nitrogen and oxygen atoms in total. The Morgan fingerprint density at radius 1 is 1.32 bits per heavy atom. The van der Waals surface area contributed by atoms with E-state index in [0.29, 0.717) is 28.0 Å². The summed E-state index contributed by atoms with van der Waals surface area (Å²) in [6, 6.07) is 5.56. The summed E-state index contributed by atoms with van der Waals surface area (Å²) in [6.45, 7) is 0.343. The molecule has 0 aromatic carbocycles. The molecule has 4 heterocycles. The van der Waals surface area contributed by atoms with Crippen LogP contribution in [0, 0.1) is 0 Å². The molecule has 4 aromatic rings. The molecule has 176 valence electrons. The Morgan fingerprint density at radius 2 is 2.15 bits per heavy atom. The summed E-state index contributed by atoms with van der Waals surface area (Å²) in [5, 5.41) is 14.4. The summed E-state index contributed by atoms with van der Waals surface area (Å²) in [6.07, 6.45) is 11.1. The van der Waals surface area contributed by atoms with E-state index in [-0.39, 0.29) is 25.4 Å². The summed E-state index contributed by atoms with van der Waals surface area (Å²) in [7, 11) is 0. The van der Waals surface area contributed by atoms with E-state index in [4.69, 9.17) is 23.2 Å². The molecule has 11 heteroatoms. The van der Waals surface area contributed by atoms with Gasteiger partial charge in [0.05, 0.1) is 42.9 Å². The second kappa shape index (κ2) is 8.98. The third-order valence-corrected chi connectivity index (χ3v) is 6.06. The van der Waals surface area contributed by atoms with Crippen molar-refractivity contribution in [3.8, 4) is 0 Å². The number of aliphatic hydroxyl groups excluding tert-OH is 1. The fraction of sp³-hybridized carbons (Fsp3) is 0.261. The minimum Gasteiger partial charge on any atom is -0.393 e. The van der Waals surface area contributed by atoms with Crippen LogP contribution in [0.5, 0.6) is 0 Å². The molecule has 0 radical (unpaired) electrons. The fourth-order valence-electron chi connectivity index (χ4n) is 3.96. The quantitative estimate of drug-likeness (QED) is 0.171. The molecule has 34 heavy (non-hydrogen) atoms. The molecule has 4 aromatic heterocycles. The molecule has 1 fully saturated rings. The van der Waals surface area contributed by atoms with Crippen LogP contribution in [0.4, 0.5) is 0 Å². The van der Waals surface area contributed by atoms with Crippen LogP contribution in [0.1, 0.15) is 41.3 Å². The van der Waals surface area contributed by atoms with Crippen LogP contribution < -0.4 is 16.9 Å². The zero-order valence-corrected chi connectivity index (χ0v) is 19.1. The number of pyridine rings is 2. The molecule has 0 aliphatic heterocycles. The minimum absolute atomic E-state index is 0.0418. The highest BCUT2D eigenvalue weighted by Crippen LogP contribution is 2.40. The van der Waals surface area contributed by atoms with Gasteiger partial charge in [-0.05, 0) is 42.5 Å². The van der Waals surface area contributed by atoms with Crippen molar-refractivity contribution in [3.05, 3.63) is 82.6 Å². The summed E-state index contributed by atoms with van der Waals surface area (Å²) < 4.78 is 3.74. The van der Waals surface area contributed by atoms with E-state index in [9.17, 15) is 9.90 Å². The second-order valence-corrected chi connectivity index (χ2v) is 8.90. The lowest BCUT2D eigenvalue weighted by atomic mass is 10.1. The van der Waals surface area contributed by atoms with E-state index in [1.165, 1.54) is 29.6 Å². The van der Waals surface area contributed by atoms with Gasteiger partial charge in [0.25, 0.3) is 5.91 Å². The monoisotopic (exact) mass is 480 g/mol. The SMILES string of the molecule is N/C(=C\N(N)Cc1cn2cc(C3CC3)cc(CO)c2n1)C(=O)NCc1ncn2ccc(Cl)cc12. The van der Waals surface area contributed by atoms with Gasteiger partial charge in [-0.25, -0.2) is 15.8 Å². The number of hydrazine groups is 1. The molecule has 0 atom stereocenters. The van der Waals surface area contributed by atoms with Crippen molar-refractivity contribution in [1.82, 2.24) is 29.1 Å². The van der Waals surface area contributed by atoms with Gasteiger partial charge in [0.2, 0.25) is 0 Å². The highest BCUT2D eigenvalue weighted by atomic mass is 35.5. The smallest absolute Gasteiger partial charge is 0.269 e. The van der Waals surface area contributed by atoms with Gasteiger partial charge < -0.3 is 30.0 Å². The van der Waals surface area contributed by atoms with Gasteiger partial charge in [0.1, 0.15) is 11.3 Å². The molecule has 0 bridgehead atoms. The van der Waals surface area contributed by atoms with Gasteiger partial charge in [-0.1, -0.05) is 11.6 Å². The molecule has 6 N–H and O–H groups in total. The number of carbonyl (C=O) groups is 1. The van der Waals surface area contributed by atoms with Gasteiger partial charge in [-0.3, -0.25) is 4.79 Å². The molecule has 0 spiro atoms. The Hall–Kier alpha value is -3.60. The van der Waals surface area contributed by atoms with E-state index in [0.717, 1.165) is 11.1 Å². The Kier molecular flexibility index (Phi) is 5.86. The Labute approximate surface area is 200 Å². The number of nitrogens with zero attached hydrogens (tertiary/aromatic N) is 5. The van der Waals surface area contributed by atoms with Crippen LogP contribution >= 0.6 is 11.6 Å². The maximum Gasteiger partial charge on any atom is 0.269 e. The highest BCUT2D eigenvalue weighted by Gasteiger charge is 2.25. The predicted molar refractivity (Wildman–Crippen MR) is 127 cm³/mol. The lowest BCUT2D eigenvalue weighted by Gasteiger charge is -2.13. The van der Waals surface area contributed by atoms with Crippen LogP contribution in [0.25, 0.3) is 11.2 Å². The van der Waals surface area contributed by atoms with Crippen molar-refractivity contribution in [2.45, 2.75) is 38.5 Å². The zero-order valence-electron chi connectivity index (χ0n) is 18.4. The number of carbonyl (C=O) groups excluding carboxylic acids is 1. The van der Waals surface area contributed by atoms with Crippen molar-refractivity contribution in [2.24, 2.45) is 11.6 Å². The third-order valence-electron chi connectivity index (χ3n) is 5.83. The van der Waals surface area contributed by atoms with Gasteiger partial charge >= 0.3 is 0 Å². The lowest BCUT2D eigenvalue weighted by molar-refractivity contribution is -0.117. The van der Waals surface area contributed by atoms with Crippen molar-refractivity contribution >= 4 is 28.7 Å². The van der Waals surface area contributed by atoms with Gasteiger partial charge in [0.15, 0.2) is 0 Å². The van der Waals surface area contributed by atoms with Crippen molar-refractivity contribution < 1.29 is 9.90 Å². The van der Waals surface area contributed by atoms with Crippen LogP contribution in [-0.2, 0) is 24.5 Å². The molecule has 1 amide bonds. The summed E-state index contributed by atoms with van der Waals surface area (Å²) in [5.74, 6) is 6.17. The van der Waals surface area contributed by atoms with E-state index >= 15 is 0 Å². The first kappa shape index (κ1) is 22.2. The van der Waals surface area contributed by atoms with E-state index in [1.54, 1.807) is 24.7 Å². The predicted octanol–water partition coefficient (Wildman–Crippen LogP) is 1.80.